The minimum absolute atomic E-state index is 0.319. The molecule has 3 rings (SSSR count). The Morgan fingerprint density at radius 2 is 1.79 bits per heavy atom. The van der Waals surface area contributed by atoms with E-state index in [-0.39, 0.29) is 0 Å². The van der Waals surface area contributed by atoms with Crippen LogP contribution < -0.4 is 21.3 Å². The summed E-state index contributed by atoms with van der Waals surface area (Å²) in [6.07, 6.45) is 7.24. The Morgan fingerprint density at radius 1 is 1.12 bits per heavy atom. The zero-order valence-electron chi connectivity index (χ0n) is 20.6. The van der Waals surface area contributed by atoms with E-state index < -0.39 is 0 Å². The van der Waals surface area contributed by atoms with E-state index in [0.29, 0.717) is 11.7 Å². The molecule has 2 aromatic carbocycles. The quantitative estimate of drug-likeness (QED) is 0.298. The van der Waals surface area contributed by atoms with E-state index in [1.54, 1.807) is 0 Å². The Bertz CT molecular complexity index is 964. The van der Waals surface area contributed by atoms with Crippen LogP contribution in [0.4, 0.5) is 11.4 Å². The van der Waals surface area contributed by atoms with Gasteiger partial charge in [-0.2, -0.15) is 0 Å². The molecule has 4 N–H and O–H groups in total. The fourth-order valence-electron chi connectivity index (χ4n) is 3.57. The zero-order valence-corrected chi connectivity index (χ0v) is 20.6. The van der Waals surface area contributed by atoms with Crippen LogP contribution in [-0.2, 0) is 0 Å². The Morgan fingerprint density at radius 3 is 2.42 bits per heavy atom. The number of benzene rings is 2. The Balaban J connectivity index is 0.00000187. The molecule has 0 atom stereocenters. The van der Waals surface area contributed by atoms with Crippen molar-refractivity contribution in [2.24, 2.45) is 10.7 Å². The molecular formula is C28H39N5. The second kappa shape index (κ2) is 14.0. The van der Waals surface area contributed by atoms with Crippen molar-refractivity contribution in [1.29, 1.82) is 0 Å². The molecule has 1 aliphatic rings. The maximum Gasteiger partial charge on any atom is 0.198 e. The van der Waals surface area contributed by atoms with E-state index in [1.807, 2.05) is 44.2 Å². The molecule has 2 aromatic rings. The summed E-state index contributed by atoms with van der Waals surface area (Å²) in [5, 5.41) is 6.48. The third-order valence-corrected chi connectivity index (χ3v) is 5.19. The van der Waals surface area contributed by atoms with Crippen molar-refractivity contribution >= 4 is 22.9 Å². The minimum atomic E-state index is 0.319. The van der Waals surface area contributed by atoms with Crippen molar-refractivity contribution in [3.05, 3.63) is 90.2 Å². The number of rotatable bonds is 7. The molecule has 5 heteroatoms. The van der Waals surface area contributed by atoms with Crippen molar-refractivity contribution < 1.29 is 0 Å². The van der Waals surface area contributed by atoms with Crippen LogP contribution in [0.5, 0.6) is 0 Å². The molecule has 0 saturated carbocycles. The van der Waals surface area contributed by atoms with Gasteiger partial charge < -0.3 is 21.3 Å². The van der Waals surface area contributed by atoms with Crippen molar-refractivity contribution in [1.82, 2.24) is 10.6 Å². The third kappa shape index (κ3) is 8.28. The summed E-state index contributed by atoms with van der Waals surface area (Å²) in [5.74, 6) is 0.319. The van der Waals surface area contributed by atoms with Gasteiger partial charge in [0.05, 0.1) is 5.69 Å². The van der Waals surface area contributed by atoms with E-state index in [1.165, 1.54) is 16.8 Å². The SMILES string of the molecule is C=C(/C=C(\C=C/CC)c1ccccc1C)NC(N)=Nc1ccc(N2CCNCC2)cc1.CC. The highest BCUT2D eigenvalue weighted by atomic mass is 15.2. The number of nitrogens with zero attached hydrogens (tertiary/aromatic N) is 2. The number of aliphatic imine (C=N–C) groups is 1. The summed E-state index contributed by atoms with van der Waals surface area (Å²) in [6, 6.07) is 16.5. The second-order valence-electron chi connectivity index (χ2n) is 7.63. The van der Waals surface area contributed by atoms with Gasteiger partial charge in [0, 0.05) is 37.6 Å². The van der Waals surface area contributed by atoms with E-state index in [2.05, 4.69) is 77.4 Å². The van der Waals surface area contributed by atoms with Crippen LogP contribution in [-0.4, -0.2) is 32.1 Å². The summed E-state index contributed by atoms with van der Waals surface area (Å²) in [6.45, 7) is 16.4. The van der Waals surface area contributed by atoms with Crippen LogP contribution in [0.3, 0.4) is 0 Å². The van der Waals surface area contributed by atoms with Gasteiger partial charge in [0.1, 0.15) is 0 Å². The lowest BCUT2D eigenvalue weighted by Crippen LogP contribution is -2.43. The molecular weight excluding hydrogens is 406 g/mol. The van der Waals surface area contributed by atoms with Gasteiger partial charge in [-0.1, -0.05) is 63.8 Å². The van der Waals surface area contributed by atoms with Gasteiger partial charge >= 0.3 is 0 Å². The molecule has 0 unspecified atom stereocenters. The Labute approximate surface area is 199 Å². The van der Waals surface area contributed by atoms with Gasteiger partial charge in [-0.05, 0) is 60.4 Å². The number of piperazine rings is 1. The Kier molecular flexibility index (Phi) is 11.0. The number of guanidine groups is 1. The lowest BCUT2D eigenvalue weighted by atomic mass is 9.99. The summed E-state index contributed by atoms with van der Waals surface area (Å²) < 4.78 is 0. The molecule has 0 amide bonds. The zero-order chi connectivity index (χ0) is 24.1. The predicted molar refractivity (Wildman–Crippen MR) is 145 cm³/mol. The molecule has 1 saturated heterocycles. The first kappa shape index (κ1) is 25.9. The van der Waals surface area contributed by atoms with Gasteiger partial charge in [-0.15, -0.1) is 0 Å². The Hall–Kier alpha value is -3.31. The largest absolute Gasteiger partial charge is 0.369 e. The average Bonchev–Trinajstić information content (AvgIpc) is 2.84. The number of aryl methyl sites for hydroxylation is 1. The molecule has 1 aliphatic heterocycles. The predicted octanol–water partition coefficient (Wildman–Crippen LogP) is 5.53. The van der Waals surface area contributed by atoms with Gasteiger partial charge in [0.15, 0.2) is 5.96 Å². The number of anilines is 1. The lowest BCUT2D eigenvalue weighted by molar-refractivity contribution is 0.589. The first-order valence-electron chi connectivity index (χ1n) is 11.9. The van der Waals surface area contributed by atoms with Gasteiger partial charge in [0.25, 0.3) is 0 Å². The number of nitrogens with two attached hydrogens (primary N) is 1. The summed E-state index contributed by atoms with van der Waals surface area (Å²) in [7, 11) is 0. The second-order valence-corrected chi connectivity index (χ2v) is 7.63. The van der Waals surface area contributed by atoms with Crippen molar-refractivity contribution in [3.63, 3.8) is 0 Å². The summed E-state index contributed by atoms with van der Waals surface area (Å²) in [5.41, 5.74) is 12.3. The standard InChI is InChI=1S/C26H33N5.C2H6/c1-4-5-9-22(25-10-7-6-8-20(25)2)19-21(3)29-26(27)30-23-11-13-24(14-12-23)31-17-15-28-16-18-31;1-2/h5-14,19,28H,3-4,15-18H2,1-2H3,(H3,27,29,30);1-2H3/b9-5-,22-19+;. The molecule has 33 heavy (non-hydrogen) atoms. The van der Waals surface area contributed by atoms with Crippen molar-refractivity contribution in [2.75, 3.05) is 31.1 Å². The first-order chi connectivity index (χ1) is 16.1. The molecule has 0 aliphatic carbocycles. The van der Waals surface area contributed by atoms with E-state index in [0.717, 1.165) is 43.9 Å². The fraction of sp³-hybridized carbons (Fsp3) is 0.321. The van der Waals surface area contributed by atoms with Crippen LogP contribution in [0.25, 0.3) is 5.57 Å². The third-order valence-electron chi connectivity index (χ3n) is 5.19. The highest BCUT2D eigenvalue weighted by Crippen LogP contribution is 2.22. The average molecular weight is 446 g/mol. The summed E-state index contributed by atoms with van der Waals surface area (Å²) in [4.78, 5) is 6.86. The molecule has 176 valence electrons. The number of hydrogen-bond acceptors (Lipinski definition) is 3. The monoisotopic (exact) mass is 445 g/mol. The van der Waals surface area contributed by atoms with E-state index in [9.17, 15) is 0 Å². The highest BCUT2D eigenvalue weighted by Gasteiger charge is 2.10. The smallest absolute Gasteiger partial charge is 0.198 e. The maximum absolute atomic E-state index is 6.14. The van der Waals surface area contributed by atoms with Crippen molar-refractivity contribution in [3.8, 4) is 0 Å². The molecule has 0 aromatic heterocycles. The van der Waals surface area contributed by atoms with E-state index >= 15 is 0 Å². The fourth-order valence-corrected chi connectivity index (χ4v) is 3.57. The number of nitrogens with one attached hydrogen (secondary N) is 2. The topological polar surface area (TPSA) is 65.7 Å². The first-order valence-corrected chi connectivity index (χ1v) is 11.9. The van der Waals surface area contributed by atoms with Crippen molar-refractivity contribution in [2.45, 2.75) is 34.1 Å². The molecule has 5 nitrogen and oxygen atoms in total. The highest BCUT2D eigenvalue weighted by molar-refractivity contribution is 5.84. The molecule has 1 heterocycles. The molecule has 0 spiro atoms. The van der Waals surface area contributed by atoms with Crippen LogP contribution in [0, 0.1) is 6.92 Å². The van der Waals surface area contributed by atoms with Crippen LogP contribution in [0.2, 0.25) is 0 Å². The molecule has 0 bridgehead atoms. The normalized spacial score (nSPS) is 14.6. The minimum Gasteiger partial charge on any atom is -0.369 e. The maximum atomic E-state index is 6.14. The summed E-state index contributed by atoms with van der Waals surface area (Å²) >= 11 is 0. The molecule has 1 fully saturated rings. The molecule has 0 radical (unpaired) electrons. The van der Waals surface area contributed by atoms with Crippen LogP contribution in [0.15, 0.2) is 84.0 Å². The van der Waals surface area contributed by atoms with E-state index in [4.69, 9.17) is 5.73 Å². The number of allylic oxidation sites excluding steroid dienone is 4. The lowest BCUT2D eigenvalue weighted by Gasteiger charge is -2.29. The van der Waals surface area contributed by atoms with Gasteiger partial charge in [0.2, 0.25) is 0 Å². The van der Waals surface area contributed by atoms with Gasteiger partial charge in [-0.3, -0.25) is 0 Å². The van der Waals surface area contributed by atoms with Crippen LogP contribution in [0.1, 0.15) is 38.3 Å². The number of hydrogen-bond donors (Lipinski definition) is 3. The van der Waals surface area contributed by atoms with Crippen LogP contribution >= 0.6 is 0 Å². The van der Waals surface area contributed by atoms with Gasteiger partial charge in [-0.25, -0.2) is 4.99 Å².